The van der Waals surface area contributed by atoms with Crippen LogP contribution in [0, 0.1) is 0 Å². The molecule has 0 aliphatic carbocycles. The van der Waals surface area contributed by atoms with Crippen LogP contribution in [0.15, 0.2) is 231 Å². The summed E-state index contributed by atoms with van der Waals surface area (Å²) >= 11 is 0. The summed E-state index contributed by atoms with van der Waals surface area (Å²) in [4.78, 5) is 2.38. The monoisotopic (exact) mass is 714 g/mol. The van der Waals surface area contributed by atoms with Crippen molar-refractivity contribution in [3.63, 3.8) is 0 Å². The summed E-state index contributed by atoms with van der Waals surface area (Å²) in [5.74, 6) is 0. The van der Waals surface area contributed by atoms with E-state index in [1.807, 2.05) is 0 Å². The van der Waals surface area contributed by atoms with Crippen molar-refractivity contribution in [3.8, 4) is 50.2 Å². The molecule has 56 heavy (non-hydrogen) atoms. The van der Waals surface area contributed by atoms with E-state index in [2.05, 4.69) is 240 Å². The summed E-state index contributed by atoms with van der Waals surface area (Å²) in [6, 6.07) is 82.9. The van der Waals surface area contributed by atoms with Crippen molar-refractivity contribution in [3.05, 3.63) is 231 Å². The first-order valence-electron chi connectivity index (χ1n) is 19.2. The molecule has 0 fully saturated rings. The van der Waals surface area contributed by atoms with Crippen LogP contribution in [-0.4, -0.2) is 4.57 Å². The Morgan fingerprint density at radius 2 is 0.643 bits per heavy atom. The molecule has 0 atom stereocenters. The fourth-order valence-electron chi connectivity index (χ4n) is 8.16. The number of hydrogen-bond donors (Lipinski definition) is 0. The molecule has 0 radical (unpaired) electrons. The van der Waals surface area contributed by atoms with Crippen LogP contribution < -0.4 is 4.90 Å². The van der Waals surface area contributed by atoms with Crippen molar-refractivity contribution in [2.75, 3.05) is 4.90 Å². The lowest BCUT2D eigenvalue weighted by molar-refractivity contribution is 1.18. The van der Waals surface area contributed by atoms with Gasteiger partial charge in [0.25, 0.3) is 0 Å². The third-order valence-electron chi connectivity index (χ3n) is 10.8. The van der Waals surface area contributed by atoms with Gasteiger partial charge in [0, 0.05) is 33.4 Å². The third-order valence-corrected chi connectivity index (χ3v) is 10.8. The van der Waals surface area contributed by atoms with Crippen LogP contribution in [0.5, 0.6) is 0 Å². The van der Waals surface area contributed by atoms with Gasteiger partial charge in [-0.25, -0.2) is 0 Å². The molecule has 264 valence electrons. The number of fused-ring (bicyclic) bond motifs is 3. The number of aromatic nitrogens is 1. The standard InChI is InChI=1S/C54H38N2/c1-3-15-41(16-4-1)47-19-7-8-20-48(47)43-31-37-45(38-32-43)55(52-24-12-9-21-49(52)42-17-5-2-6-18-42)44-33-27-39(28-34-44)40-29-35-46(36-30-40)56-53-25-13-10-22-50(53)51-23-11-14-26-54(51)56/h1-38H. The second-order valence-corrected chi connectivity index (χ2v) is 14.1. The van der Waals surface area contributed by atoms with Crippen LogP contribution >= 0.6 is 0 Å². The van der Waals surface area contributed by atoms with E-state index in [4.69, 9.17) is 0 Å². The van der Waals surface area contributed by atoms with Gasteiger partial charge in [0.05, 0.1) is 16.7 Å². The fourth-order valence-corrected chi connectivity index (χ4v) is 8.16. The number of rotatable bonds is 8. The lowest BCUT2D eigenvalue weighted by Crippen LogP contribution is -2.11. The van der Waals surface area contributed by atoms with Crippen LogP contribution in [0.2, 0.25) is 0 Å². The van der Waals surface area contributed by atoms with Crippen LogP contribution in [0.3, 0.4) is 0 Å². The highest BCUT2D eigenvalue weighted by molar-refractivity contribution is 6.09. The molecular weight excluding hydrogens is 677 g/mol. The van der Waals surface area contributed by atoms with Crippen LogP contribution in [0.4, 0.5) is 17.1 Å². The summed E-state index contributed by atoms with van der Waals surface area (Å²) in [5, 5.41) is 2.54. The molecule has 0 aliphatic heterocycles. The van der Waals surface area contributed by atoms with Gasteiger partial charge >= 0.3 is 0 Å². The second kappa shape index (κ2) is 14.4. The SMILES string of the molecule is c1ccc(-c2ccccc2-c2ccc(N(c3ccc(-c4ccc(-n5c6ccccc6c6ccccc65)cc4)cc3)c3ccccc3-c3ccccc3)cc2)cc1. The molecule has 10 rings (SSSR count). The molecule has 0 unspecified atom stereocenters. The zero-order valence-corrected chi connectivity index (χ0v) is 30.8. The first-order valence-corrected chi connectivity index (χ1v) is 19.2. The molecule has 0 saturated heterocycles. The lowest BCUT2D eigenvalue weighted by atomic mass is 9.94. The van der Waals surface area contributed by atoms with Gasteiger partial charge in [-0.2, -0.15) is 0 Å². The van der Waals surface area contributed by atoms with E-state index < -0.39 is 0 Å². The largest absolute Gasteiger partial charge is 0.310 e. The summed E-state index contributed by atoms with van der Waals surface area (Å²) in [6.07, 6.45) is 0. The normalized spacial score (nSPS) is 11.2. The van der Waals surface area contributed by atoms with Gasteiger partial charge in [-0.1, -0.05) is 176 Å². The lowest BCUT2D eigenvalue weighted by Gasteiger charge is -2.28. The number of hydrogen-bond acceptors (Lipinski definition) is 1. The van der Waals surface area contributed by atoms with Gasteiger partial charge < -0.3 is 9.47 Å². The Labute approximate surface area is 327 Å². The number of para-hydroxylation sites is 3. The number of benzene rings is 9. The minimum absolute atomic E-state index is 1.09. The molecule has 9 aromatic carbocycles. The number of anilines is 3. The Balaban J connectivity index is 1.03. The minimum atomic E-state index is 1.09. The van der Waals surface area contributed by atoms with Crippen molar-refractivity contribution in [1.82, 2.24) is 4.57 Å². The fraction of sp³-hybridized carbons (Fsp3) is 0. The van der Waals surface area contributed by atoms with Gasteiger partial charge in [-0.3, -0.25) is 0 Å². The predicted molar refractivity (Wildman–Crippen MR) is 237 cm³/mol. The van der Waals surface area contributed by atoms with E-state index in [0.717, 1.165) is 22.7 Å². The van der Waals surface area contributed by atoms with Gasteiger partial charge in [-0.15, -0.1) is 0 Å². The maximum absolute atomic E-state index is 2.38. The highest BCUT2D eigenvalue weighted by Gasteiger charge is 2.18. The zero-order chi connectivity index (χ0) is 37.3. The highest BCUT2D eigenvalue weighted by atomic mass is 15.1. The molecule has 0 N–H and O–H groups in total. The van der Waals surface area contributed by atoms with Crippen molar-refractivity contribution < 1.29 is 0 Å². The van der Waals surface area contributed by atoms with E-state index in [0.29, 0.717) is 0 Å². The molecule has 2 heteroatoms. The van der Waals surface area contributed by atoms with Crippen molar-refractivity contribution in [2.45, 2.75) is 0 Å². The quantitative estimate of drug-likeness (QED) is 0.152. The molecule has 0 bridgehead atoms. The molecule has 1 heterocycles. The zero-order valence-electron chi connectivity index (χ0n) is 30.8. The molecule has 0 aliphatic rings. The maximum atomic E-state index is 2.38. The summed E-state index contributed by atoms with van der Waals surface area (Å²) < 4.78 is 2.37. The van der Waals surface area contributed by atoms with Crippen LogP contribution in [0.1, 0.15) is 0 Å². The summed E-state index contributed by atoms with van der Waals surface area (Å²) in [7, 11) is 0. The Morgan fingerprint density at radius 1 is 0.268 bits per heavy atom. The number of nitrogens with zero attached hydrogens (tertiary/aromatic N) is 2. The third kappa shape index (κ3) is 6.04. The van der Waals surface area contributed by atoms with E-state index in [-0.39, 0.29) is 0 Å². The highest BCUT2D eigenvalue weighted by Crippen LogP contribution is 2.42. The summed E-state index contributed by atoms with van der Waals surface area (Å²) in [5.41, 5.74) is 16.5. The van der Waals surface area contributed by atoms with Gasteiger partial charge in [0.2, 0.25) is 0 Å². The average molecular weight is 715 g/mol. The molecule has 2 nitrogen and oxygen atoms in total. The van der Waals surface area contributed by atoms with Crippen LogP contribution in [-0.2, 0) is 0 Å². The molecule has 0 saturated carbocycles. The van der Waals surface area contributed by atoms with E-state index >= 15 is 0 Å². The van der Waals surface area contributed by atoms with Gasteiger partial charge in [0.15, 0.2) is 0 Å². The Hall–Kier alpha value is -7.42. The minimum Gasteiger partial charge on any atom is -0.310 e. The Morgan fingerprint density at radius 3 is 1.18 bits per heavy atom. The van der Waals surface area contributed by atoms with Crippen molar-refractivity contribution >= 4 is 38.9 Å². The maximum Gasteiger partial charge on any atom is 0.0541 e. The van der Waals surface area contributed by atoms with Crippen molar-refractivity contribution in [2.24, 2.45) is 0 Å². The molecule has 1 aromatic heterocycles. The first-order chi connectivity index (χ1) is 27.8. The van der Waals surface area contributed by atoms with Gasteiger partial charge in [-0.05, 0) is 93.5 Å². The van der Waals surface area contributed by atoms with Gasteiger partial charge in [0.1, 0.15) is 0 Å². The smallest absolute Gasteiger partial charge is 0.0541 e. The molecule has 10 aromatic rings. The Kier molecular flexibility index (Phi) is 8.55. The predicted octanol–water partition coefficient (Wildman–Crippen LogP) is 14.9. The first kappa shape index (κ1) is 33.2. The molecular formula is C54H38N2. The average Bonchev–Trinajstić information content (AvgIpc) is 3.62. The molecule has 0 amide bonds. The van der Waals surface area contributed by atoms with E-state index in [1.165, 1.54) is 66.3 Å². The van der Waals surface area contributed by atoms with E-state index in [9.17, 15) is 0 Å². The molecule has 0 spiro atoms. The second-order valence-electron chi connectivity index (χ2n) is 14.1. The Bertz CT molecular complexity index is 2870. The topological polar surface area (TPSA) is 8.17 Å². The van der Waals surface area contributed by atoms with Crippen molar-refractivity contribution in [1.29, 1.82) is 0 Å². The van der Waals surface area contributed by atoms with Crippen LogP contribution in [0.25, 0.3) is 72.0 Å². The van der Waals surface area contributed by atoms with E-state index in [1.54, 1.807) is 0 Å². The summed E-state index contributed by atoms with van der Waals surface area (Å²) in [6.45, 7) is 0.